The summed E-state index contributed by atoms with van der Waals surface area (Å²) in [5.74, 6) is 0. The highest BCUT2D eigenvalue weighted by Gasteiger charge is 2.04. The molecule has 0 bridgehead atoms. The summed E-state index contributed by atoms with van der Waals surface area (Å²) in [4.78, 5) is 0. The molecule has 0 radical (unpaired) electrons. The average molecular weight is 245 g/mol. The second kappa shape index (κ2) is 2.96. The Bertz CT molecular complexity index is 671. The van der Waals surface area contributed by atoms with E-state index in [4.69, 9.17) is 0 Å². The van der Waals surface area contributed by atoms with Crippen LogP contribution in [-0.4, -0.2) is 0 Å². The van der Waals surface area contributed by atoms with Gasteiger partial charge in [0.05, 0.1) is 0 Å². The van der Waals surface area contributed by atoms with Crippen molar-refractivity contribution in [3.05, 3.63) is 68.9 Å². The van der Waals surface area contributed by atoms with E-state index >= 15 is 0 Å². The summed E-state index contributed by atoms with van der Waals surface area (Å²) in [7, 11) is 0. The van der Waals surface area contributed by atoms with Gasteiger partial charge in [0.2, 0.25) is 0 Å². The van der Waals surface area contributed by atoms with Gasteiger partial charge in [-0.3, -0.25) is 0 Å². The van der Waals surface area contributed by atoms with Crippen LogP contribution in [0.2, 0.25) is 0 Å². The van der Waals surface area contributed by atoms with E-state index in [1.807, 2.05) is 0 Å². The summed E-state index contributed by atoms with van der Waals surface area (Å²) in [6, 6.07) is 15.1. The minimum atomic E-state index is 0.935. The highest BCUT2D eigenvalue weighted by atomic mass is 79.9. The van der Waals surface area contributed by atoms with Gasteiger partial charge >= 0.3 is 0 Å². The van der Waals surface area contributed by atoms with E-state index < -0.39 is 0 Å². The quantitative estimate of drug-likeness (QED) is 0.576. The molecular formula is C13H9Br. The largest absolute Gasteiger partial charge is 0.0876 e. The van der Waals surface area contributed by atoms with Gasteiger partial charge in [-0.05, 0) is 26.4 Å². The molecule has 0 unspecified atom stereocenters. The fourth-order valence-electron chi connectivity index (χ4n) is 2.13. The lowest BCUT2D eigenvalue weighted by Crippen LogP contribution is -1.94. The maximum Gasteiger partial charge on any atom is 0.0289 e. The van der Waals surface area contributed by atoms with Gasteiger partial charge in [0, 0.05) is 5.33 Å². The molecule has 3 rings (SSSR count). The molecule has 0 nitrogen and oxygen atoms in total. The van der Waals surface area contributed by atoms with Crippen molar-refractivity contribution >= 4 is 15.9 Å². The van der Waals surface area contributed by atoms with Crippen LogP contribution in [0.1, 0.15) is 5.56 Å². The molecule has 2 aromatic rings. The van der Waals surface area contributed by atoms with Crippen LogP contribution in [-0.2, 0) is 5.33 Å². The van der Waals surface area contributed by atoms with Crippen molar-refractivity contribution in [2.75, 3.05) is 0 Å². The standard InChI is InChI=1S/C13H9Br/c14-8-9-4-3-7-12-10-5-1-2-6-11(10)13(9)12/h1-7H,8H2. The van der Waals surface area contributed by atoms with E-state index in [1.54, 1.807) is 0 Å². The average Bonchev–Trinajstić information content (AvgIpc) is 2.24. The van der Waals surface area contributed by atoms with Crippen LogP contribution < -0.4 is 0 Å². The van der Waals surface area contributed by atoms with Crippen LogP contribution in [0.5, 0.6) is 0 Å². The molecule has 68 valence electrons. The van der Waals surface area contributed by atoms with E-state index in [0.717, 1.165) is 5.33 Å². The molecule has 1 aliphatic rings. The van der Waals surface area contributed by atoms with E-state index in [0.29, 0.717) is 0 Å². The van der Waals surface area contributed by atoms with Crippen LogP contribution in [0.25, 0.3) is 0 Å². The number of halogens is 1. The van der Waals surface area contributed by atoms with Gasteiger partial charge < -0.3 is 0 Å². The maximum atomic E-state index is 3.53. The van der Waals surface area contributed by atoms with Gasteiger partial charge in [-0.1, -0.05) is 58.4 Å². The Labute approximate surface area is 90.3 Å². The predicted molar refractivity (Wildman–Crippen MR) is 60.9 cm³/mol. The first-order valence-electron chi connectivity index (χ1n) is 4.69. The molecule has 0 fully saturated rings. The molecule has 0 heterocycles. The molecule has 0 N–H and O–H groups in total. The van der Waals surface area contributed by atoms with E-state index in [1.165, 1.54) is 26.4 Å². The van der Waals surface area contributed by atoms with Crippen LogP contribution in [0.4, 0.5) is 0 Å². The Kier molecular flexibility index (Phi) is 1.74. The minimum absolute atomic E-state index is 0.935. The van der Waals surface area contributed by atoms with Gasteiger partial charge in [-0.25, -0.2) is 0 Å². The van der Waals surface area contributed by atoms with E-state index in [2.05, 4.69) is 58.4 Å². The zero-order chi connectivity index (χ0) is 9.54. The zero-order valence-electron chi connectivity index (χ0n) is 7.63. The lowest BCUT2D eigenvalue weighted by atomic mass is 9.98. The monoisotopic (exact) mass is 244 g/mol. The van der Waals surface area contributed by atoms with Crippen molar-refractivity contribution in [3.63, 3.8) is 0 Å². The summed E-state index contributed by atoms with van der Waals surface area (Å²) in [5.41, 5.74) is 1.39. The Balaban J connectivity index is 2.60. The molecule has 0 spiro atoms. The molecule has 0 amide bonds. The summed E-state index contributed by atoms with van der Waals surface area (Å²) in [6.07, 6.45) is 0. The fraction of sp³-hybridized carbons (Fsp3) is 0.0769. The number of benzene rings is 2. The Morgan fingerprint density at radius 1 is 0.786 bits per heavy atom. The summed E-state index contributed by atoms with van der Waals surface area (Å²) < 4.78 is 0. The number of rotatable bonds is 1. The Morgan fingerprint density at radius 3 is 2.29 bits per heavy atom. The summed E-state index contributed by atoms with van der Waals surface area (Å²) in [6.45, 7) is 0. The topological polar surface area (TPSA) is 0 Å². The number of hydrogen-bond acceptors (Lipinski definition) is 0. The van der Waals surface area contributed by atoms with Gasteiger partial charge in [-0.15, -0.1) is 0 Å². The molecular weight excluding hydrogens is 236 g/mol. The number of fused-ring (bicyclic) bond motifs is 2. The number of alkyl halides is 1. The van der Waals surface area contributed by atoms with Gasteiger partial charge in [0.25, 0.3) is 0 Å². The smallest absolute Gasteiger partial charge is 0.0289 e. The van der Waals surface area contributed by atoms with Crippen LogP contribution >= 0.6 is 15.9 Å². The summed E-state index contributed by atoms with van der Waals surface area (Å²) in [5, 5.41) is 6.56. The van der Waals surface area contributed by atoms with E-state index in [-0.39, 0.29) is 0 Å². The lowest BCUT2D eigenvalue weighted by Gasteiger charge is -2.07. The van der Waals surface area contributed by atoms with Crippen molar-refractivity contribution in [1.29, 1.82) is 0 Å². The highest BCUT2D eigenvalue weighted by molar-refractivity contribution is 9.08. The molecule has 1 heteroatoms. The van der Waals surface area contributed by atoms with Crippen molar-refractivity contribution in [2.24, 2.45) is 0 Å². The molecule has 2 aromatic carbocycles. The lowest BCUT2D eigenvalue weighted by molar-refractivity contribution is 1.22. The molecule has 14 heavy (non-hydrogen) atoms. The second-order valence-corrected chi connectivity index (χ2v) is 4.08. The third-order valence-corrected chi connectivity index (χ3v) is 3.39. The molecule has 1 aliphatic carbocycles. The van der Waals surface area contributed by atoms with Crippen LogP contribution in [0, 0.1) is 20.9 Å². The minimum Gasteiger partial charge on any atom is -0.0876 e. The first kappa shape index (κ1) is 8.25. The Hall–Kier alpha value is -1.08. The first-order chi connectivity index (χ1) is 6.92. The van der Waals surface area contributed by atoms with Gasteiger partial charge in [0.1, 0.15) is 0 Å². The molecule has 0 atom stereocenters. The zero-order valence-corrected chi connectivity index (χ0v) is 9.21. The van der Waals surface area contributed by atoms with Gasteiger partial charge in [-0.2, -0.15) is 0 Å². The number of hydrogen-bond donors (Lipinski definition) is 0. The van der Waals surface area contributed by atoms with Crippen molar-refractivity contribution in [1.82, 2.24) is 0 Å². The molecule has 0 saturated heterocycles. The third kappa shape index (κ3) is 0.934. The predicted octanol–water partition coefficient (Wildman–Crippen LogP) is 3.47. The van der Waals surface area contributed by atoms with Crippen LogP contribution in [0.15, 0.2) is 42.5 Å². The van der Waals surface area contributed by atoms with Crippen LogP contribution in [0.3, 0.4) is 0 Å². The third-order valence-electron chi connectivity index (χ3n) is 2.78. The fourth-order valence-corrected chi connectivity index (χ4v) is 2.59. The van der Waals surface area contributed by atoms with Crippen molar-refractivity contribution in [2.45, 2.75) is 5.33 Å². The Morgan fingerprint density at radius 2 is 1.50 bits per heavy atom. The normalized spacial score (nSPS) is 11.5. The van der Waals surface area contributed by atoms with Crippen molar-refractivity contribution < 1.29 is 0 Å². The molecule has 0 saturated carbocycles. The summed E-state index contributed by atoms with van der Waals surface area (Å²) >= 11 is 3.53. The van der Waals surface area contributed by atoms with E-state index in [9.17, 15) is 0 Å². The first-order valence-corrected chi connectivity index (χ1v) is 5.81. The SMILES string of the molecule is BrCc1cccc2c1=c1ccccc1=2. The van der Waals surface area contributed by atoms with Gasteiger partial charge in [0.15, 0.2) is 0 Å². The highest BCUT2D eigenvalue weighted by Crippen LogP contribution is 2.18. The maximum absolute atomic E-state index is 3.53. The molecule has 0 aromatic heterocycles. The second-order valence-electron chi connectivity index (χ2n) is 3.52. The molecule has 0 aliphatic heterocycles. The van der Waals surface area contributed by atoms with Crippen molar-refractivity contribution in [3.8, 4) is 0 Å².